The molecular weight excluding hydrogens is 326 g/mol. The molecule has 0 radical (unpaired) electrons. The van der Waals surface area contributed by atoms with E-state index in [4.69, 9.17) is 0 Å². The van der Waals surface area contributed by atoms with Crippen molar-refractivity contribution in [3.05, 3.63) is 46.4 Å². The van der Waals surface area contributed by atoms with E-state index in [0.717, 1.165) is 35.9 Å². The first-order valence-corrected chi connectivity index (χ1v) is 9.25. The van der Waals surface area contributed by atoms with Gasteiger partial charge in [-0.25, -0.2) is 0 Å². The maximum Gasteiger partial charge on any atom is 0.270 e. The molecule has 5 heteroatoms. The molecule has 1 aliphatic heterocycles. The number of aryl methyl sites for hydroxylation is 2. The van der Waals surface area contributed by atoms with Crippen LogP contribution in [0.2, 0.25) is 0 Å². The topological polar surface area (TPSA) is 47.2 Å². The van der Waals surface area contributed by atoms with Crippen LogP contribution in [0.5, 0.6) is 0 Å². The Kier molecular flexibility index (Phi) is 3.90. The molecule has 4 rings (SSSR count). The minimum atomic E-state index is -0.0614. The van der Waals surface area contributed by atoms with E-state index in [-0.39, 0.29) is 11.5 Å². The normalized spacial score (nSPS) is 20.8. The van der Waals surface area contributed by atoms with Crippen molar-refractivity contribution in [3.8, 4) is 0 Å². The maximum atomic E-state index is 13.2. The van der Waals surface area contributed by atoms with Gasteiger partial charge < -0.3 is 14.0 Å². The van der Waals surface area contributed by atoms with Gasteiger partial charge in [0.2, 0.25) is 0 Å². The Morgan fingerprint density at radius 3 is 2.35 bits per heavy atom. The van der Waals surface area contributed by atoms with Gasteiger partial charge in [-0.1, -0.05) is 32.0 Å². The van der Waals surface area contributed by atoms with Crippen molar-refractivity contribution in [2.24, 2.45) is 25.9 Å². The van der Waals surface area contributed by atoms with Crippen LogP contribution in [0, 0.1) is 11.8 Å². The summed E-state index contributed by atoms with van der Waals surface area (Å²) in [6, 6.07) is 9.62. The smallest absolute Gasteiger partial charge is 0.270 e. The van der Waals surface area contributed by atoms with Crippen LogP contribution in [0.15, 0.2) is 35.1 Å². The number of para-hydroxylation sites is 1. The largest absolute Gasteiger partial charge is 0.339 e. The molecule has 1 aromatic carbocycles. The average Bonchev–Trinajstić information content (AvgIpc) is 2.96. The Morgan fingerprint density at radius 2 is 1.65 bits per heavy atom. The first-order chi connectivity index (χ1) is 12.4. The van der Waals surface area contributed by atoms with E-state index in [1.165, 1.54) is 0 Å². The highest BCUT2D eigenvalue weighted by molar-refractivity contribution is 6.08. The first-order valence-electron chi connectivity index (χ1n) is 9.25. The molecule has 136 valence electrons. The number of rotatable bonds is 1. The van der Waals surface area contributed by atoms with Crippen LogP contribution in [0.25, 0.3) is 21.8 Å². The lowest BCUT2D eigenvalue weighted by Crippen LogP contribution is -2.43. The van der Waals surface area contributed by atoms with Crippen LogP contribution in [-0.2, 0) is 14.1 Å². The highest BCUT2D eigenvalue weighted by atomic mass is 16.2. The fourth-order valence-electron chi connectivity index (χ4n) is 4.54. The summed E-state index contributed by atoms with van der Waals surface area (Å²) in [5.74, 6) is 1.03. The zero-order chi connectivity index (χ0) is 18.6. The molecule has 0 bridgehead atoms. The number of nitrogens with zero attached hydrogens (tertiary/aromatic N) is 3. The summed E-state index contributed by atoms with van der Waals surface area (Å²) in [5, 5.41) is 1.60. The Balaban J connectivity index is 1.91. The zero-order valence-electron chi connectivity index (χ0n) is 15.8. The molecule has 3 heterocycles. The molecule has 0 aliphatic carbocycles. The van der Waals surface area contributed by atoms with Crippen LogP contribution in [0.3, 0.4) is 0 Å². The number of carbonyl (C=O) groups excluding carboxylic acids is 1. The van der Waals surface area contributed by atoms with Crippen molar-refractivity contribution in [1.29, 1.82) is 0 Å². The zero-order valence-corrected chi connectivity index (χ0v) is 15.8. The number of piperidine rings is 1. The highest BCUT2D eigenvalue weighted by Gasteiger charge is 2.28. The van der Waals surface area contributed by atoms with E-state index >= 15 is 0 Å². The van der Waals surface area contributed by atoms with Gasteiger partial charge in [-0.15, -0.1) is 0 Å². The molecule has 2 atom stereocenters. The summed E-state index contributed by atoms with van der Waals surface area (Å²) in [5.41, 5.74) is 2.25. The summed E-state index contributed by atoms with van der Waals surface area (Å²) < 4.78 is 3.56. The lowest BCUT2D eigenvalue weighted by Gasteiger charge is -2.35. The first kappa shape index (κ1) is 16.9. The van der Waals surface area contributed by atoms with Crippen molar-refractivity contribution < 1.29 is 4.79 Å². The van der Waals surface area contributed by atoms with Gasteiger partial charge in [0.25, 0.3) is 11.5 Å². The van der Waals surface area contributed by atoms with Crippen molar-refractivity contribution in [2.75, 3.05) is 13.1 Å². The van der Waals surface area contributed by atoms with E-state index in [0.29, 0.717) is 22.9 Å². The van der Waals surface area contributed by atoms with Gasteiger partial charge in [-0.05, 0) is 30.4 Å². The molecule has 1 aliphatic rings. The molecule has 0 N–H and O–H groups in total. The molecule has 0 spiro atoms. The molecule has 1 amide bonds. The van der Waals surface area contributed by atoms with Gasteiger partial charge in [0, 0.05) is 32.6 Å². The second kappa shape index (κ2) is 6.01. The third-order valence-corrected chi connectivity index (χ3v) is 5.66. The Bertz CT molecular complexity index is 1070. The van der Waals surface area contributed by atoms with Crippen molar-refractivity contribution in [1.82, 2.24) is 14.0 Å². The Hall–Kier alpha value is -2.56. The molecule has 1 fully saturated rings. The molecule has 26 heavy (non-hydrogen) atoms. The van der Waals surface area contributed by atoms with E-state index < -0.39 is 0 Å². The standard InChI is InChI=1S/C21H25N3O2/c1-13-9-14(2)12-24(11-13)21(26)18-10-16-19(22(18)3)15-7-5-6-8-17(15)23(4)20(16)25/h5-8,10,13-14H,9,11-12H2,1-4H3. The third kappa shape index (κ3) is 2.45. The molecule has 2 unspecified atom stereocenters. The number of pyridine rings is 1. The second-order valence-corrected chi connectivity index (χ2v) is 7.89. The summed E-state index contributed by atoms with van der Waals surface area (Å²) in [4.78, 5) is 28.0. The number of amides is 1. The van der Waals surface area contributed by atoms with Crippen molar-refractivity contribution in [2.45, 2.75) is 20.3 Å². The molecule has 2 aromatic heterocycles. The quantitative estimate of drug-likeness (QED) is 0.676. The molecule has 3 aromatic rings. The van der Waals surface area contributed by atoms with Crippen molar-refractivity contribution >= 4 is 27.7 Å². The monoisotopic (exact) mass is 351 g/mol. The molecule has 1 saturated heterocycles. The summed E-state index contributed by atoms with van der Waals surface area (Å²) >= 11 is 0. The third-order valence-electron chi connectivity index (χ3n) is 5.66. The molecule has 5 nitrogen and oxygen atoms in total. The summed E-state index contributed by atoms with van der Waals surface area (Å²) in [7, 11) is 3.67. The van der Waals surface area contributed by atoms with Crippen LogP contribution in [0.4, 0.5) is 0 Å². The highest BCUT2D eigenvalue weighted by Crippen LogP contribution is 2.27. The number of hydrogen-bond donors (Lipinski definition) is 0. The van der Waals surface area contributed by atoms with Gasteiger partial charge in [-0.3, -0.25) is 9.59 Å². The maximum absolute atomic E-state index is 13.2. The van der Waals surface area contributed by atoms with Gasteiger partial charge in [0.15, 0.2) is 0 Å². The van der Waals surface area contributed by atoms with Gasteiger partial charge in [0.1, 0.15) is 5.69 Å². The number of hydrogen-bond acceptors (Lipinski definition) is 2. The number of likely N-dealkylation sites (tertiary alicyclic amines) is 1. The Morgan fingerprint density at radius 1 is 1.00 bits per heavy atom. The Labute approximate surface area is 152 Å². The second-order valence-electron chi connectivity index (χ2n) is 7.89. The van der Waals surface area contributed by atoms with E-state index in [2.05, 4.69) is 13.8 Å². The number of aromatic nitrogens is 2. The average molecular weight is 351 g/mol. The summed E-state index contributed by atoms with van der Waals surface area (Å²) in [6.45, 7) is 5.95. The number of benzene rings is 1. The fraction of sp³-hybridized carbons (Fsp3) is 0.429. The van der Waals surface area contributed by atoms with Gasteiger partial charge in [-0.2, -0.15) is 0 Å². The van der Waals surface area contributed by atoms with Crippen LogP contribution in [0.1, 0.15) is 30.8 Å². The molecular formula is C21H25N3O2. The summed E-state index contributed by atoms with van der Waals surface area (Å²) in [6.07, 6.45) is 1.16. The van der Waals surface area contributed by atoms with Gasteiger partial charge in [0.05, 0.1) is 16.4 Å². The lowest BCUT2D eigenvalue weighted by atomic mass is 9.92. The predicted molar refractivity (Wildman–Crippen MR) is 105 cm³/mol. The minimum Gasteiger partial charge on any atom is -0.339 e. The number of carbonyl (C=O) groups is 1. The van der Waals surface area contributed by atoms with Crippen LogP contribution in [-0.4, -0.2) is 33.0 Å². The lowest BCUT2D eigenvalue weighted by molar-refractivity contribution is 0.0614. The SMILES string of the molecule is CC1CC(C)CN(C(=O)c2cc3c(=O)n(C)c4ccccc4c3n2C)C1. The predicted octanol–water partition coefficient (Wildman–Crippen LogP) is 3.15. The minimum absolute atomic E-state index is 0.0215. The fourth-order valence-corrected chi connectivity index (χ4v) is 4.54. The van der Waals surface area contributed by atoms with Crippen LogP contribution < -0.4 is 5.56 Å². The van der Waals surface area contributed by atoms with E-state index in [1.54, 1.807) is 17.7 Å². The number of fused-ring (bicyclic) bond motifs is 3. The van der Waals surface area contributed by atoms with E-state index in [9.17, 15) is 9.59 Å². The van der Waals surface area contributed by atoms with Gasteiger partial charge >= 0.3 is 0 Å². The van der Waals surface area contributed by atoms with Crippen molar-refractivity contribution in [3.63, 3.8) is 0 Å². The van der Waals surface area contributed by atoms with Crippen LogP contribution >= 0.6 is 0 Å². The van der Waals surface area contributed by atoms with E-state index in [1.807, 2.05) is 40.8 Å². The molecule has 0 saturated carbocycles.